The highest BCUT2D eigenvalue weighted by molar-refractivity contribution is 7.14. The molecule has 4 rings (SSSR count). The quantitative estimate of drug-likeness (QED) is 0.261. The molecule has 0 atom stereocenters. The predicted molar refractivity (Wildman–Crippen MR) is 140 cm³/mol. The van der Waals surface area contributed by atoms with Gasteiger partial charge in [-0.15, -0.1) is 11.3 Å². The van der Waals surface area contributed by atoms with Crippen molar-refractivity contribution in [2.75, 3.05) is 19.0 Å². The standard InChI is InChI=1S/C28H26N2O4S/c1-3-33-23-13-11-22(12-14-23)24-19-35-28(29-24)30-27(31)16-10-20-9-15-25(26(17-20)32-2)34-18-21-7-5-4-6-8-21/h4-17,19H,3,18H2,1-2H3,(H,29,30,31)/b16-10+. The lowest BCUT2D eigenvalue weighted by molar-refractivity contribution is -0.111. The first-order valence-electron chi connectivity index (χ1n) is 11.2. The van der Waals surface area contributed by atoms with Crippen LogP contribution < -0.4 is 19.5 Å². The molecule has 1 amide bonds. The van der Waals surface area contributed by atoms with Crippen molar-refractivity contribution < 1.29 is 19.0 Å². The largest absolute Gasteiger partial charge is 0.494 e. The number of aromatic nitrogens is 1. The maximum Gasteiger partial charge on any atom is 0.250 e. The predicted octanol–water partition coefficient (Wildman–Crippen LogP) is 6.45. The summed E-state index contributed by atoms with van der Waals surface area (Å²) in [4.78, 5) is 16.9. The molecule has 1 aromatic heterocycles. The summed E-state index contributed by atoms with van der Waals surface area (Å²) < 4.78 is 16.8. The summed E-state index contributed by atoms with van der Waals surface area (Å²) in [6, 6.07) is 23.2. The second kappa shape index (κ2) is 11.9. The maximum atomic E-state index is 12.4. The lowest BCUT2D eigenvalue weighted by Crippen LogP contribution is -2.07. The van der Waals surface area contributed by atoms with E-state index < -0.39 is 0 Å². The molecule has 0 aliphatic rings. The minimum Gasteiger partial charge on any atom is -0.494 e. The SMILES string of the molecule is CCOc1ccc(-c2csc(NC(=O)/C=C/c3ccc(OCc4ccccc4)c(OC)c3)n2)cc1. The molecule has 3 aromatic carbocycles. The lowest BCUT2D eigenvalue weighted by atomic mass is 10.2. The Morgan fingerprint density at radius 3 is 2.54 bits per heavy atom. The van der Waals surface area contributed by atoms with E-state index in [0.29, 0.717) is 29.8 Å². The number of hydrogen-bond donors (Lipinski definition) is 1. The normalized spacial score (nSPS) is 10.8. The van der Waals surface area contributed by atoms with Crippen molar-refractivity contribution in [3.8, 4) is 28.5 Å². The number of carbonyl (C=O) groups is 1. The summed E-state index contributed by atoms with van der Waals surface area (Å²) in [6.45, 7) is 3.02. The molecule has 0 unspecified atom stereocenters. The number of methoxy groups -OCH3 is 1. The number of anilines is 1. The van der Waals surface area contributed by atoms with Crippen molar-refractivity contribution in [3.05, 3.63) is 95.4 Å². The molecule has 0 fully saturated rings. The molecule has 7 heteroatoms. The van der Waals surface area contributed by atoms with Crippen LogP contribution in [0.5, 0.6) is 17.2 Å². The number of hydrogen-bond acceptors (Lipinski definition) is 6. The molecular formula is C28H26N2O4S. The van der Waals surface area contributed by atoms with Crippen LogP contribution in [-0.2, 0) is 11.4 Å². The van der Waals surface area contributed by atoms with Gasteiger partial charge in [-0.3, -0.25) is 10.1 Å². The Morgan fingerprint density at radius 2 is 1.80 bits per heavy atom. The van der Waals surface area contributed by atoms with Gasteiger partial charge >= 0.3 is 0 Å². The van der Waals surface area contributed by atoms with Crippen LogP contribution in [0.3, 0.4) is 0 Å². The second-order valence-corrected chi connectivity index (χ2v) is 8.36. The molecule has 4 aromatic rings. The zero-order valence-electron chi connectivity index (χ0n) is 19.6. The molecule has 0 spiro atoms. The van der Waals surface area contributed by atoms with Gasteiger partial charge in [-0.1, -0.05) is 36.4 Å². The van der Waals surface area contributed by atoms with Crippen LogP contribution in [-0.4, -0.2) is 24.6 Å². The van der Waals surface area contributed by atoms with E-state index in [0.717, 1.165) is 28.1 Å². The van der Waals surface area contributed by atoms with Crippen LogP contribution in [0.1, 0.15) is 18.1 Å². The van der Waals surface area contributed by atoms with Crippen molar-refractivity contribution in [1.82, 2.24) is 4.98 Å². The van der Waals surface area contributed by atoms with Crippen LogP contribution in [0.25, 0.3) is 17.3 Å². The molecule has 0 aliphatic carbocycles. The molecule has 6 nitrogen and oxygen atoms in total. The van der Waals surface area contributed by atoms with Crippen molar-refractivity contribution in [3.63, 3.8) is 0 Å². The highest BCUT2D eigenvalue weighted by Gasteiger charge is 2.08. The number of thiazole rings is 1. The number of ether oxygens (including phenoxy) is 3. The van der Waals surface area contributed by atoms with Gasteiger partial charge in [-0.05, 0) is 60.5 Å². The van der Waals surface area contributed by atoms with Crippen LogP contribution in [0.4, 0.5) is 5.13 Å². The molecule has 35 heavy (non-hydrogen) atoms. The van der Waals surface area contributed by atoms with Gasteiger partial charge in [-0.2, -0.15) is 0 Å². The van der Waals surface area contributed by atoms with Crippen LogP contribution >= 0.6 is 11.3 Å². The summed E-state index contributed by atoms with van der Waals surface area (Å²) in [5, 5.41) is 5.26. The summed E-state index contributed by atoms with van der Waals surface area (Å²) >= 11 is 1.38. The Labute approximate surface area is 208 Å². The molecule has 0 saturated heterocycles. The first kappa shape index (κ1) is 24.0. The Kier molecular flexibility index (Phi) is 8.14. The van der Waals surface area contributed by atoms with Gasteiger partial charge in [0.15, 0.2) is 16.6 Å². The van der Waals surface area contributed by atoms with Crippen LogP contribution in [0.15, 0.2) is 84.3 Å². The van der Waals surface area contributed by atoms with Crippen molar-refractivity contribution in [1.29, 1.82) is 0 Å². The molecule has 0 radical (unpaired) electrons. The maximum absolute atomic E-state index is 12.4. The van der Waals surface area contributed by atoms with Crippen LogP contribution in [0, 0.1) is 0 Å². The fraction of sp³-hybridized carbons (Fsp3) is 0.143. The molecule has 0 aliphatic heterocycles. The molecule has 0 saturated carbocycles. The Morgan fingerprint density at radius 1 is 1.00 bits per heavy atom. The number of carbonyl (C=O) groups excluding carboxylic acids is 1. The smallest absolute Gasteiger partial charge is 0.250 e. The average molecular weight is 487 g/mol. The average Bonchev–Trinajstić information content (AvgIpc) is 3.36. The second-order valence-electron chi connectivity index (χ2n) is 7.50. The number of nitrogens with zero attached hydrogens (tertiary/aromatic N) is 1. The zero-order valence-corrected chi connectivity index (χ0v) is 20.4. The van der Waals surface area contributed by atoms with Gasteiger partial charge in [-0.25, -0.2) is 4.98 Å². The monoisotopic (exact) mass is 486 g/mol. The first-order valence-corrected chi connectivity index (χ1v) is 12.0. The molecule has 0 bridgehead atoms. The Bertz CT molecular complexity index is 1280. The van der Waals surface area contributed by atoms with E-state index in [-0.39, 0.29) is 5.91 Å². The van der Waals surface area contributed by atoms with E-state index in [9.17, 15) is 4.79 Å². The Balaban J connectivity index is 1.35. The molecule has 1 N–H and O–H groups in total. The third kappa shape index (κ3) is 6.71. The van der Waals surface area contributed by atoms with Gasteiger partial charge in [0.05, 0.1) is 19.4 Å². The van der Waals surface area contributed by atoms with Crippen molar-refractivity contribution >= 4 is 28.5 Å². The number of amides is 1. The third-order valence-corrected chi connectivity index (χ3v) is 5.81. The van der Waals surface area contributed by atoms with Crippen LogP contribution in [0.2, 0.25) is 0 Å². The summed E-state index contributed by atoms with van der Waals surface area (Å²) in [7, 11) is 1.59. The number of benzene rings is 3. The minimum atomic E-state index is -0.263. The summed E-state index contributed by atoms with van der Waals surface area (Å²) in [5.74, 6) is 1.80. The Hall–Kier alpha value is -4.10. The van der Waals surface area contributed by atoms with Gasteiger partial charge in [0.25, 0.3) is 0 Å². The number of rotatable bonds is 10. The van der Waals surface area contributed by atoms with E-state index in [1.165, 1.54) is 17.4 Å². The highest BCUT2D eigenvalue weighted by atomic mass is 32.1. The molecular weight excluding hydrogens is 460 g/mol. The topological polar surface area (TPSA) is 69.7 Å². The fourth-order valence-electron chi connectivity index (χ4n) is 3.31. The highest BCUT2D eigenvalue weighted by Crippen LogP contribution is 2.30. The zero-order chi connectivity index (χ0) is 24.5. The van der Waals surface area contributed by atoms with Gasteiger partial charge in [0.1, 0.15) is 12.4 Å². The number of nitrogens with one attached hydrogen (secondary N) is 1. The first-order chi connectivity index (χ1) is 17.1. The van der Waals surface area contributed by atoms with E-state index in [1.54, 1.807) is 13.2 Å². The molecule has 178 valence electrons. The van der Waals surface area contributed by atoms with E-state index in [2.05, 4.69) is 10.3 Å². The summed E-state index contributed by atoms with van der Waals surface area (Å²) in [6.07, 6.45) is 3.19. The van der Waals surface area contributed by atoms with E-state index in [4.69, 9.17) is 14.2 Å². The molecule has 1 heterocycles. The fourth-order valence-corrected chi connectivity index (χ4v) is 4.04. The van der Waals surface area contributed by atoms with Gasteiger partial charge < -0.3 is 14.2 Å². The lowest BCUT2D eigenvalue weighted by Gasteiger charge is -2.11. The van der Waals surface area contributed by atoms with Gasteiger partial charge in [0.2, 0.25) is 5.91 Å². The van der Waals surface area contributed by atoms with Gasteiger partial charge in [0, 0.05) is 17.0 Å². The van der Waals surface area contributed by atoms with E-state index >= 15 is 0 Å². The summed E-state index contributed by atoms with van der Waals surface area (Å²) in [5.41, 5.74) is 3.65. The third-order valence-electron chi connectivity index (χ3n) is 5.05. The minimum absolute atomic E-state index is 0.263. The van der Waals surface area contributed by atoms with Crippen molar-refractivity contribution in [2.24, 2.45) is 0 Å². The van der Waals surface area contributed by atoms with Crippen molar-refractivity contribution in [2.45, 2.75) is 13.5 Å². The van der Waals surface area contributed by atoms with E-state index in [1.807, 2.05) is 85.1 Å².